The van der Waals surface area contributed by atoms with E-state index in [2.05, 4.69) is 31.9 Å². The highest BCUT2D eigenvalue weighted by Gasteiger charge is 2.34. The van der Waals surface area contributed by atoms with Crippen molar-refractivity contribution in [3.05, 3.63) is 101 Å². The summed E-state index contributed by atoms with van der Waals surface area (Å²) in [5.74, 6) is 0.334. The normalized spacial score (nSPS) is 14.7. The second kappa shape index (κ2) is 12.0. The average molecular weight is 656 g/mol. The number of aryl methyl sites for hydroxylation is 1. The second-order valence-corrected chi connectivity index (χ2v) is 11.3. The van der Waals surface area contributed by atoms with Crippen molar-refractivity contribution in [2.24, 2.45) is 0 Å². The summed E-state index contributed by atoms with van der Waals surface area (Å²) in [6, 6.07) is 18.9. The zero-order chi connectivity index (χ0) is 24.9. The zero-order valence-electron chi connectivity index (χ0n) is 18.3. The van der Waals surface area contributed by atoms with Gasteiger partial charge in [0.15, 0.2) is 0 Å². The van der Waals surface area contributed by atoms with Gasteiger partial charge in [-0.2, -0.15) is 0 Å². The first kappa shape index (κ1) is 26.3. The molecule has 35 heavy (non-hydrogen) atoms. The number of ether oxygens (including phenoxy) is 1. The van der Waals surface area contributed by atoms with Gasteiger partial charge in [0.1, 0.15) is 12.4 Å². The molecular formula is C26H19Br2Cl2NO3S. The molecule has 1 heterocycles. The van der Waals surface area contributed by atoms with Crippen LogP contribution in [0.2, 0.25) is 10.0 Å². The molecule has 4 nitrogen and oxygen atoms in total. The van der Waals surface area contributed by atoms with E-state index in [0.717, 1.165) is 35.7 Å². The molecule has 180 valence electrons. The quantitative estimate of drug-likeness (QED) is 0.228. The van der Waals surface area contributed by atoms with Crippen molar-refractivity contribution in [3.8, 4) is 5.75 Å². The SMILES string of the molecule is O=C1S/C(=C/c2cc(Br)c(OCc3ccc(Cl)cc3Cl)c(Br)c2)C(=O)N1CCCc1ccccc1. The maximum atomic E-state index is 12.9. The topological polar surface area (TPSA) is 46.6 Å². The Hall–Kier alpha value is -1.77. The number of hydrogen-bond donors (Lipinski definition) is 0. The van der Waals surface area contributed by atoms with Crippen LogP contribution in [0.3, 0.4) is 0 Å². The van der Waals surface area contributed by atoms with E-state index in [1.165, 1.54) is 10.5 Å². The van der Waals surface area contributed by atoms with Gasteiger partial charge < -0.3 is 4.74 Å². The van der Waals surface area contributed by atoms with Gasteiger partial charge in [0, 0.05) is 22.2 Å². The smallest absolute Gasteiger partial charge is 0.293 e. The number of thioether (sulfide) groups is 1. The summed E-state index contributed by atoms with van der Waals surface area (Å²) in [7, 11) is 0. The Morgan fingerprint density at radius 2 is 1.69 bits per heavy atom. The van der Waals surface area contributed by atoms with Crippen molar-refractivity contribution >= 4 is 84.0 Å². The molecule has 2 amide bonds. The summed E-state index contributed by atoms with van der Waals surface area (Å²) in [5, 5.41) is 0.846. The van der Waals surface area contributed by atoms with E-state index in [1.54, 1.807) is 18.2 Å². The lowest BCUT2D eigenvalue weighted by molar-refractivity contribution is -0.122. The third-order valence-electron chi connectivity index (χ3n) is 5.27. The Morgan fingerprint density at radius 1 is 0.971 bits per heavy atom. The van der Waals surface area contributed by atoms with Crippen LogP contribution in [-0.4, -0.2) is 22.6 Å². The van der Waals surface area contributed by atoms with Crippen molar-refractivity contribution in [1.29, 1.82) is 0 Å². The molecule has 0 N–H and O–H groups in total. The Kier molecular flexibility index (Phi) is 9.00. The molecule has 1 saturated heterocycles. The Labute approximate surface area is 234 Å². The number of rotatable bonds is 8. The fraction of sp³-hybridized carbons (Fsp3) is 0.154. The zero-order valence-corrected chi connectivity index (χ0v) is 23.8. The van der Waals surface area contributed by atoms with E-state index >= 15 is 0 Å². The van der Waals surface area contributed by atoms with Gasteiger partial charge in [0.2, 0.25) is 0 Å². The molecule has 1 fully saturated rings. The Morgan fingerprint density at radius 3 is 2.37 bits per heavy atom. The predicted octanol–water partition coefficient (Wildman–Crippen LogP) is 8.77. The third kappa shape index (κ3) is 6.71. The molecule has 0 aromatic heterocycles. The minimum absolute atomic E-state index is 0.243. The highest BCUT2D eigenvalue weighted by atomic mass is 79.9. The summed E-state index contributed by atoms with van der Waals surface area (Å²) in [4.78, 5) is 27.0. The van der Waals surface area contributed by atoms with Crippen molar-refractivity contribution in [2.75, 3.05) is 6.54 Å². The Bertz CT molecular complexity index is 1280. The van der Waals surface area contributed by atoms with Crippen LogP contribution in [0.1, 0.15) is 23.1 Å². The third-order valence-corrected chi connectivity index (χ3v) is 7.94. The van der Waals surface area contributed by atoms with E-state index in [-0.39, 0.29) is 17.8 Å². The van der Waals surface area contributed by atoms with Gasteiger partial charge in [-0.1, -0.05) is 59.6 Å². The Balaban J connectivity index is 1.42. The largest absolute Gasteiger partial charge is 0.486 e. The van der Waals surface area contributed by atoms with Gasteiger partial charge in [0.25, 0.3) is 11.1 Å². The van der Waals surface area contributed by atoms with Crippen molar-refractivity contribution < 1.29 is 14.3 Å². The van der Waals surface area contributed by atoms with E-state index in [1.807, 2.05) is 48.5 Å². The molecule has 0 bridgehead atoms. The van der Waals surface area contributed by atoms with Crippen molar-refractivity contribution in [3.63, 3.8) is 0 Å². The van der Waals surface area contributed by atoms with Crippen LogP contribution in [0, 0.1) is 0 Å². The minimum atomic E-state index is -0.266. The van der Waals surface area contributed by atoms with Crippen molar-refractivity contribution in [1.82, 2.24) is 4.90 Å². The van der Waals surface area contributed by atoms with Crippen LogP contribution in [0.25, 0.3) is 6.08 Å². The van der Waals surface area contributed by atoms with Crippen LogP contribution in [0.4, 0.5) is 4.79 Å². The predicted molar refractivity (Wildman–Crippen MR) is 150 cm³/mol. The number of carbonyl (C=O) groups excluding carboxylic acids is 2. The fourth-order valence-electron chi connectivity index (χ4n) is 3.52. The first-order chi connectivity index (χ1) is 16.8. The number of imide groups is 1. The molecule has 0 unspecified atom stereocenters. The maximum Gasteiger partial charge on any atom is 0.293 e. The summed E-state index contributed by atoms with van der Waals surface area (Å²) in [6.45, 7) is 0.652. The number of nitrogens with zero attached hydrogens (tertiary/aromatic N) is 1. The van der Waals surface area contributed by atoms with Gasteiger partial charge in [0.05, 0.1) is 13.9 Å². The number of amides is 2. The summed E-state index contributed by atoms with van der Waals surface area (Å²) in [6.07, 6.45) is 3.25. The van der Waals surface area contributed by atoms with E-state index in [0.29, 0.717) is 36.2 Å². The first-order valence-corrected chi connectivity index (χ1v) is 13.8. The molecule has 9 heteroatoms. The van der Waals surface area contributed by atoms with Crippen LogP contribution in [0.5, 0.6) is 5.75 Å². The van der Waals surface area contributed by atoms with Gasteiger partial charge in [-0.15, -0.1) is 0 Å². The average Bonchev–Trinajstić information content (AvgIpc) is 3.07. The van der Waals surface area contributed by atoms with Gasteiger partial charge in [-0.05, 0) is 97.9 Å². The van der Waals surface area contributed by atoms with Crippen LogP contribution in [-0.2, 0) is 17.8 Å². The molecule has 1 aliphatic rings. The van der Waals surface area contributed by atoms with Gasteiger partial charge >= 0.3 is 0 Å². The van der Waals surface area contributed by atoms with Crippen LogP contribution in [0.15, 0.2) is 74.5 Å². The molecule has 0 spiro atoms. The standard InChI is InChI=1S/C26H19Br2Cl2NO3S/c27-20-11-17(12-21(28)24(20)34-15-18-8-9-19(29)14-22(18)30)13-23-25(32)31(26(33)35-23)10-4-7-16-5-2-1-3-6-16/h1-3,5-6,8-9,11-14H,4,7,10,15H2/b23-13+. The lowest BCUT2D eigenvalue weighted by atomic mass is 10.1. The highest BCUT2D eigenvalue weighted by molar-refractivity contribution is 9.11. The molecule has 0 saturated carbocycles. The number of halogens is 4. The monoisotopic (exact) mass is 653 g/mol. The molecule has 3 aromatic carbocycles. The maximum absolute atomic E-state index is 12.9. The summed E-state index contributed by atoms with van der Waals surface area (Å²) < 4.78 is 7.36. The van der Waals surface area contributed by atoms with Crippen molar-refractivity contribution in [2.45, 2.75) is 19.4 Å². The highest BCUT2D eigenvalue weighted by Crippen LogP contribution is 2.38. The fourth-order valence-corrected chi connectivity index (χ4v) is 6.30. The van der Waals surface area contributed by atoms with E-state index in [4.69, 9.17) is 27.9 Å². The summed E-state index contributed by atoms with van der Waals surface area (Å²) in [5.41, 5.74) is 2.75. The second-order valence-electron chi connectivity index (χ2n) is 7.76. The molecule has 0 aliphatic carbocycles. The molecule has 0 radical (unpaired) electrons. The van der Waals surface area contributed by atoms with E-state index < -0.39 is 0 Å². The summed E-state index contributed by atoms with van der Waals surface area (Å²) >= 11 is 20.2. The van der Waals surface area contributed by atoms with Gasteiger partial charge in [-0.25, -0.2) is 0 Å². The number of hydrogen-bond acceptors (Lipinski definition) is 4. The first-order valence-electron chi connectivity index (χ1n) is 10.7. The van der Waals surface area contributed by atoms with Crippen LogP contribution >= 0.6 is 66.8 Å². The molecular weight excluding hydrogens is 637 g/mol. The molecule has 1 aliphatic heterocycles. The van der Waals surface area contributed by atoms with Crippen LogP contribution < -0.4 is 4.74 Å². The van der Waals surface area contributed by atoms with Gasteiger partial charge in [-0.3, -0.25) is 14.5 Å². The molecule has 4 rings (SSSR count). The lowest BCUT2D eigenvalue weighted by Crippen LogP contribution is -2.29. The lowest BCUT2D eigenvalue weighted by Gasteiger charge is -2.13. The molecule has 0 atom stereocenters. The minimum Gasteiger partial charge on any atom is -0.486 e. The number of benzene rings is 3. The van der Waals surface area contributed by atoms with E-state index in [9.17, 15) is 9.59 Å². The number of carbonyl (C=O) groups is 2. The molecule has 3 aromatic rings.